The Balaban J connectivity index is 2.58. The number of aromatic nitrogens is 1. The zero-order valence-corrected chi connectivity index (χ0v) is 9.40. The average molecular weight is 255 g/mol. The lowest BCUT2D eigenvalue weighted by Crippen LogP contribution is -2.08. The van der Waals surface area contributed by atoms with Crippen molar-refractivity contribution in [1.29, 1.82) is 0 Å². The quantitative estimate of drug-likeness (QED) is 0.745. The molecule has 1 nitrogen and oxygen atoms in total. The highest BCUT2D eigenvalue weighted by Crippen LogP contribution is 2.30. The predicted molar refractivity (Wildman–Crippen MR) is 62.1 cm³/mol. The highest BCUT2D eigenvalue weighted by atomic mass is 32.1. The fourth-order valence-corrected chi connectivity index (χ4v) is 1.73. The summed E-state index contributed by atoms with van der Waals surface area (Å²) < 4.78 is 37.8. The Morgan fingerprint density at radius 3 is 2.18 bits per heavy atom. The summed E-state index contributed by atoms with van der Waals surface area (Å²) in [6, 6.07) is 11.4. The fraction of sp³-hybridized carbons (Fsp3) is 0.0833. The first kappa shape index (κ1) is 11.9. The molecule has 2 aromatic rings. The molecule has 1 heterocycles. The second kappa shape index (κ2) is 4.33. The number of aromatic amines is 1. The number of halogens is 3. The van der Waals surface area contributed by atoms with E-state index in [2.05, 4.69) is 4.98 Å². The first-order chi connectivity index (χ1) is 7.97. The van der Waals surface area contributed by atoms with Crippen LogP contribution in [0.5, 0.6) is 0 Å². The predicted octanol–water partition coefficient (Wildman–Crippen LogP) is 4.43. The van der Waals surface area contributed by atoms with Gasteiger partial charge in [0.1, 0.15) is 10.3 Å². The van der Waals surface area contributed by atoms with Gasteiger partial charge in [-0.05, 0) is 23.3 Å². The smallest absolute Gasteiger partial charge is 0.343 e. The molecule has 5 heteroatoms. The van der Waals surface area contributed by atoms with Gasteiger partial charge in [0.2, 0.25) is 0 Å². The number of hydrogen-bond donors (Lipinski definition) is 1. The second-order valence-electron chi connectivity index (χ2n) is 3.51. The molecule has 0 aliphatic rings. The molecule has 0 aliphatic heterocycles. The van der Waals surface area contributed by atoms with Gasteiger partial charge in [-0.1, -0.05) is 42.5 Å². The zero-order valence-electron chi connectivity index (χ0n) is 8.58. The molecule has 1 N–H and O–H groups in total. The maximum Gasteiger partial charge on any atom is 0.431 e. The van der Waals surface area contributed by atoms with E-state index in [-0.39, 0.29) is 4.64 Å². The summed E-state index contributed by atoms with van der Waals surface area (Å²) in [5.41, 5.74) is 0.337. The van der Waals surface area contributed by atoms with Crippen LogP contribution in [0.4, 0.5) is 13.2 Å². The number of nitrogens with one attached hydrogen (secondary N) is 1. The van der Waals surface area contributed by atoms with Crippen LogP contribution < -0.4 is 0 Å². The number of alkyl halides is 3. The van der Waals surface area contributed by atoms with Crippen LogP contribution in [0.3, 0.4) is 0 Å². The summed E-state index contributed by atoms with van der Waals surface area (Å²) in [6.45, 7) is 0. The van der Waals surface area contributed by atoms with Crippen molar-refractivity contribution in [2.24, 2.45) is 0 Å². The molecule has 2 rings (SSSR count). The molecule has 0 atom stereocenters. The number of hydrogen-bond acceptors (Lipinski definition) is 1. The van der Waals surface area contributed by atoms with Crippen molar-refractivity contribution in [2.75, 3.05) is 0 Å². The fourth-order valence-electron chi connectivity index (χ4n) is 1.49. The van der Waals surface area contributed by atoms with Crippen LogP contribution in [0, 0.1) is 4.64 Å². The molecule has 0 unspecified atom stereocenters. The topological polar surface area (TPSA) is 15.8 Å². The normalized spacial score (nSPS) is 11.5. The van der Waals surface area contributed by atoms with Crippen LogP contribution in [0.25, 0.3) is 11.1 Å². The summed E-state index contributed by atoms with van der Waals surface area (Å²) in [5, 5.41) is 0. The Hall–Kier alpha value is -1.62. The van der Waals surface area contributed by atoms with Crippen molar-refractivity contribution in [2.45, 2.75) is 6.18 Å². The summed E-state index contributed by atoms with van der Waals surface area (Å²) >= 11 is 4.80. The lowest BCUT2D eigenvalue weighted by atomic mass is 10.1. The molecule has 0 bridgehead atoms. The van der Waals surface area contributed by atoms with Gasteiger partial charge in [-0.3, -0.25) is 0 Å². The Morgan fingerprint density at radius 2 is 1.59 bits per heavy atom. The van der Waals surface area contributed by atoms with Gasteiger partial charge >= 0.3 is 6.18 Å². The molecule has 0 saturated carbocycles. The Kier molecular flexibility index (Phi) is 3.02. The van der Waals surface area contributed by atoms with Gasteiger partial charge in [0.05, 0.1) is 0 Å². The van der Waals surface area contributed by atoms with Crippen LogP contribution in [0.15, 0.2) is 42.5 Å². The van der Waals surface area contributed by atoms with Crippen LogP contribution in [0.1, 0.15) is 5.69 Å². The maximum absolute atomic E-state index is 12.6. The van der Waals surface area contributed by atoms with E-state index in [4.69, 9.17) is 12.2 Å². The molecule has 17 heavy (non-hydrogen) atoms. The molecule has 0 saturated heterocycles. The lowest BCUT2D eigenvalue weighted by molar-refractivity contribution is -0.141. The summed E-state index contributed by atoms with van der Waals surface area (Å²) in [4.78, 5) is 2.15. The van der Waals surface area contributed by atoms with E-state index in [9.17, 15) is 13.2 Å². The van der Waals surface area contributed by atoms with Crippen LogP contribution >= 0.6 is 12.2 Å². The highest BCUT2D eigenvalue weighted by Gasteiger charge is 2.31. The van der Waals surface area contributed by atoms with Crippen molar-refractivity contribution in [3.63, 3.8) is 0 Å². The SMILES string of the molecule is FC(F)(F)c1cc(-c2ccccc2)cc(=S)[nH]1. The second-order valence-corrected chi connectivity index (χ2v) is 3.95. The number of H-pyrrole nitrogens is 1. The van der Waals surface area contributed by atoms with Gasteiger partial charge in [-0.2, -0.15) is 13.2 Å². The van der Waals surface area contributed by atoms with E-state index in [1.165, 1.54) is 6.07 Å². The van der Waals surface area contributed by atoms with Gasteiger partial charge < -0.3 is 4.98 Å². The first-order valence-corrected chi connectivity index (χ1v) is 5.24. The minimum Gasteiger partial charge on any atom is -0.343 e. The molecule has 0 fully saturated rings. The largest absolute Gasteiger partial charge is 0.431 e. The van der Waals surface area contributed by atoms with E-state index in [1.54, 1.807) is 30.3 Å². The van der Waals surface area contributed by atoms with Crippen molar-refractivity contribution < 1.29 is 13.2 Å². The molecule has 0 radical (unpaired) electrons. The number of rotatable bonds is 1. The lowest BCUT2D eigenvalue weighted by Gasteiger charge is -2.09. The third-order valence-corrected chi connectivity index (χ3v) is 2.48. The summed E-state index contributed by atoms with van der Waals surface area (Å²) in [5.74, 6) is 0. The molecule has 0 spiro atoms. The maximum atomic E-state index is 12.6. The van der Waals surface area contributed by atoms with Crippen molar-refractivity contribution in [3.8, 4) is 11.1 Å². The van der Waals surface area contributed by atoms with Gasteiger partial charge in [0.25, 0.3) is 0 Å². The van der Waals surface area contributed by atoms with Crippen LogP contribution in [-0.4, -0.2) is 4.98 Å². The van der Waals surface area contributed by atoms with E-state index >= 15 is 0 Å². The van der Waals surface area contributed by atoms with Gasteiger partial charge in [0.15, 0.2) is 0 Å². The summed E-state index contributed by atoms with van der Waals surface area (Å²) in [7, 11) is 0. The molecular weight excluding hydrogens is 247 g/mol. The molecule has 0 aliphatic carbocycles. The van der Waals surface area contributed by atoms with Gasteiger partial charge in [-0.15, -0.1) is 0 Å². The molecular formula is C12H8F3NS. The third-order valence-electron chi connectivity index (χ3n) is 2.26. The van der Waals surface area contributed by atoms with E-state index in [1.807, 2.05) is 0 Å². The first-order valence-electron chi connectivity index (χ1n) is 4.84. The van der Waals surface area contributed by atoms with Crippen LogP contribution in [-0.2, 0) is 6.18 Å². The highest BCUT2D eigenvalue weighted by molar-refractivity contribution is 7.71. The molecule has 1 aromatic heterocycles. The third kappa shape index (κ3) is 2.74. The average Bonchev–Trinajstić information content (AvgIpc) is 2.28. The van der Waals surface area contributed by atoms with E-state index in [0.29, 0.717) is 11.1 Å². The minimum atomic E-state index is -4.42. The molecule has 0 amide bonds. The molecule has 88 valence electrons. The van der Waals surface area contributed by atoms with Crippen molar-refractivity contribution >= 4 is 12.2 Å². The number of pyridine rings is 1. The Labute approximate surface area is 101 Å². The number of benzene rings is 1. The van der Waals surface area contributed by atoms with E-state index < -0.39 is 11.9 Å². The Bertz CT molecular complexity index is 572. The Morgan fingerprint density at radius 1 is 0.941 bits per heavy atom. The standard InChI is InChI=1S/C12H8F3NS/c13-12(14,15)10-6-9(7-11(17)16-10)8-4-2-1-3-5-8/h1-7H,(H,16,17). The minimum absolute atomic E-state index is 0.0682. The van der Waals surface area contributed by atoms with Gasteiger partial charge in [-0.25, -0.2) is 0 Å². The monoisotopic (exact) mass is 255 g/mol. The summed E-state index contributed by atoms with van der Waals surface area (Å²) in [6.07, 6.45) is -4.42. The van der Waals surface area contributed by atoms with E-state index in [0.717, 1.165) is 6.07 Å². The molecule has 1 aromatic carbocycles. The zero-order chi connectivity index (χ0) is 12.5. The van der Waals surface area contributed by atoms with Gasteiger partial charge in [0, 0.05) is 0 Å². The van der Waals surface area contributed by atoms with Crippen LogP contribution in [0.2, 0.25) is 0 Å². The van der Waals surface area contributed by atoms with Crippen molar-refractivity contribution in [1.82, 2.24) is 4.98 Å². The van der Waals surface area contributed by atoms with Crippen molar-refractivity contribution in [3.05, 3.63) is 52.8 Å².